The summed E-state index contributed by atoms with van der Waals surface area (Å²) in [5.74, 6) is 0.627. The molecule has 0 unspecified atom stereocenters. The standard InChI is InChI=1S/C18H32N4O2/c1-18(2,3)17-15(11-20-21-17)10-19-12-16(14-4-7-24-13-14)22-5-8-23-9-6-22/h11,14,16,19H,4-10,12-13H2,1-3H3,(H,20,21)/t14-,16+/m0/s1. The molecule has 0 spiro atoms. The van der Waals surface area contributed by atoms with E-state index in [1.54, 1.807) is 0 Å². The molecule has 2 aliphatic heterocycles. The second-order valence-electron chi connectivity index (χ2n) is 7.99. The van der Waals surface area contributed by atoms with Crippen molar-refractivity contribution in [2.24, 2.45) is 5.92 Å². The van der Waals surface area contributed by atoms with Crippen LogP contribution in [0.4, 0.5) is 0 Å². The molecule has 2 N–H and O–H groups in total. The number of aromatic amines is 1. The monoisotopic (exact) mass is 336 g/mol. The molecule has 0 saturated carbocycles. The fourth-order valence-corrected chi connectivity index (χ4v) is 3.81. The average molecular weight is 336 g/mol. The Hall–Kier alpha value is -0.950. The molecule has 1 aromatic rings. The Kier molecular flexibility index (Phi) is 5.92. The van der Waals surface area contributed by atoms with Gasteiger partial charge in [-0.1, -0.05) is 20.8 Å². The molecule has 0 bridgehead atoms. The summed E-state index contributed by atoms with van der Waals surface area (Å²) in [7, 11) is 0. The van der Waals surface area contributed by atoms with E-state index >= 15 is 0 Å². The lowest BCUT2D eigenvalue weighted by atomic mass is 9.89. The lowest BCUT2D eigenvalue weighted by Gasteiger charge is -2.37. The first kappa shape index (κ1) is 17.9. The van der Waals surface area contributed by atoms with Crippen molar-refractivity contribution in [3.8, 4) is 0 Å². The smallest absolute Gasteiger partial charge is 0.0594 e. The Balaban J connectivity index is 1.58. The average Bonchev–Trinajstić information content (AvgIpc) is 3.23. The lowest BCUT2D eigenvalue weighted by molar-refractivity contribution is 0.00136. The highest BCUT2D eigenvalue weighted by atomic mass is 16.5. The summed E-state index contributed by atoms with van der Waals surface area (Å²) in [6, 6.07) is 0.529. The Morgan fingerprint density at radius 2 is 2.08 bits per heavy atom. The summed E-state index contributed by atoms with van der Waals surface area (Å²) in [6.07, 6.45) is 3.12. The van der Waals surface area contributed by atoms with Crippen molar-refractivity contribution in [2.45, 2.75) is 45.2 Å². The summed E-state index contributed by atoms with van der Waals surface area (Å²) in [4.78, 5) is 2.58. The molecule has 136 valence electrons. The van der Waals surface area contributed by atoms with E-state index in [2.05, 4.69) is 41.2 Å². The normalized spacial score (nSPS) is 24.4. The Labute approximate surface area is 145 Å². The van der Waals surface area contributed by atoms with Crippen molar-refractivity contribution >= 4 is 0 Å². The van der Waals surface area contributed by atoms with Crippen LogP contribution in [0.25, 0.3) is 0 Å². The first-order valence-corrected chi connectivity index (χ1v) is 9.18. The third-order valence-corrected chi connectivity index (χ3v) is 5.16. The maximum absolute atomic E-state index is 5.64. The van der Waals surface area contributed by atoms with E-state index in [-0.39, 0.29) is 5.41 Å². The largest absolute Gasteiger partial charge is 0.381 e. The SMILES string of the molecule is CC(C)(C)c1[nH]ncc1CNC[C@H]([C@H]1CCOC1)N1CCOCC1. The first-order chi connectivity index (χ1) is 11.6. The maximum Gasteiger partial charge on any atom is 0.0594 e. The third kappa shape index (κ3) is 4.36. The van der Waals surface area contributed by atoms with Gasteiger partial charge in [0.2, 0.25) is 0 Å². The number of ether oxygens (including phenoxy) is 2. The van der Waals surface area contributed by atoms with E-state index in [1.807, 2.05) is 6.20 Å². The molecule has 1 aromatic heterocycles. The van der Waals surface area contributed by atoms with E-state index < -0.39 is 0 Å². The molecule has 2 aliphatic rings. The van der Waals surface area contributed by atoms with Gasteiger partial charge in [0.15, 0.2) is 0 Å². The van der Waals surface area contributed by atoms with Crippen LogP contribution in [-0.4, -0.2) is 67.2 Å². The minimum absolute atomic E-state index is 0.0937. The molecular weight excluding hydrogens is 304 g/mol. The van der Waals surface area contributed by atoms with Gasteiger partial charge in [0, 0.05) is 61.4 Å². The zero-order valence-corrected chi connectivity index (χ0v) is 15.3. The summed E-state index contributed by atoms with van der Waals surface area (Å²) in [6.45, 7) is 14.1. The predicted octanol–water partition coefficient (Wildman–Crippen LogP) is 1.53. The molecule has 0 amide bonds. The molecule has 2 atom stereocenters. The predicted molar refractivity (Wildman–Crippen MR) is 94.1 cm³/mol. The van der Waals surface area contributed by atoms with Gasteiger partial charge in [-0.2, -0.15) is 5.10 Å². The minimum Gasteiger partial charge on any atom is -0.381 e. The highest BCUT2D eigenvalue weighted by Gasteiger charge is 2.31. The van der Waals surface area contributed by atoms with Gasteiger partial charge >= 0.3 is 0 Å². The first-order valence-electron chi connectivity index (χ1n) is 9.18. The second-order valence-corrected chi connectivity index (χ2v) is 7.99. The Morgan fingerprint density at radius 1 is 1.29 bits per heavy atom. The number of nitrogens with zero attached hydrogens (tertiary/aromatic N) is 2. The minimum atomic E-state index is 0.0937. The zero-order valence-electron chi connectivity index (χ0n) is 15.3. The van der Waals surface area contributed by atoms with Crippen molar-refractivity contribution in [3.63, 3.8) is 0 Å². The van der Waals surface area contributed by atoms with Crippen LogP contribution in [0.1, 0.15) is 38.4 Å². The number of rotatable bonds is 6. The van der Waals surface area contributed by atoms with Gasteiger partial charge in [-0.05, 0) is 6.42 Å². The highest BCUT2D eigenvalue weighted by Crippen LogP contribution is 2.24. The topological polar surface area (TPSA) is 62.4 Å². The zero-order chi connectivity index (χ0) is 17.0. The van der Waals surface area contributed by atoms with E-state index in [9.17, 15) is 0 Å². The van der Waals surface area contributed by atoms with Crippen LogP contribution >= 0.6 is 0 Å². The van der Waals surface area contributed by atoms with Crippen molar-refractivity contribution in [1.82, 2.24) is 20.4 Å². The van der Waals surface area contributed by atoms with Crippen LogP contribution in [0.3, 0.4) is 0 Å². The number of morpholine rings is 1. The third-order valence-electron chi connectivity index (χ3n) is 5.16. The molecule has 2 saturated heterocycles. The van der Waals surface area contributed by atoms with E-state index in [0.717, 1.165) is 52.6 Å². The van der Waals surface area contributed by atoms with E-state index in [1.165, 1.54) is 17.7 Å². The van der Waals surface area contributed by atoms with Gasteiger partial charge in [-0.25, -0.2) is 0 Å². The molecule has 6 nitrogen and oxygen atoms in total. The number of aromatic nitrogens is 2. The lowest BCUT2D eigenvalue weighted by Crippen LogP contribution is -2.51. The maximum atomic E-state index is 5.64. The van der Waals surface area contributed by atoms with E-state index in [0.29, 0.717) is 12.0 Å². The van der Waals surface area contributed by atoms with Crippen LogP contribution in [0.2, 0.25) is 0 Å². The second kappa shape index (κ2) is 7.95. The van der Waals surface area contributed by atoms with Gasteiger partial charge in [-0.3, -0.25) is 10.00 Å². The summed E-state index contributed by atoms with van der Waals surface area (Å²) in [5.41, 5.74) is 2.59. The van der Waals surface area contributed by atoms with Crippen molar-refractivity contribution < 1.29 is 9.47 Å². The van der Waals surface area contributed by atoms with Gasteiger partial charge in [-0.15, -0.1) is 0 Å². The molecule has 3 heterocycles. The highest BCUT2D eigenvalue weighted by molar-refractivity contribution is 5.23. The van der Waals surface area contributed by atoms with Crippen molar-refractivity contribution in [2.75, 3.05) is 46.1 Å². The van der Waals surface area contributed by atoms with Crippen LogP contribution in [0.15, 0.2) is 6.20 Å². The fourth-order valence-electron chi connectivity index (χ4n) is 3.81. The number of hydrogen-bond acceptors (Lipinski definition) is 5. The van der Waals surface area contributed by atoms with Gasteiger partial charge in [0.25, 0.3) is 0 Å². The molecule has 6 heteroatoms. The van der Waals surface area contributed by atoms with Crippen LogP contribution < -0.4 is 5.32 Å². The molecular formula is C18H32N4O2. The Bertz CT molecular complexity index is 499. The van der Waals surface area contributed by atoms with Crippen LogP contribution in [0.5, 0.6) is 0 Å². The Morgan fingerprint density at radius 3 is 2.75 bits per heavy atom. The van der Waals surface area contributed by atoms with Gasteiger partial charge in [0.1, 0.15) is 0 Å². The van der Waals surface area contributed by atoms with E-state index in [4.69, 9.17) is 9.47 Å². The fraction of sp³-hybridized carbons (Fsp3) is 0.833. The van der Waals surface area contributed by atoms with Crippen LogP contribution in [-0.2, 0) is 21.4 Å². The summed E-state index contributed by atoms with van der Waals surface area (Å²) < 4.78 is 11.2. The molecule has 24 heavy (non-hydrogen) atoms. The van der Waals surface area contributed by atoms with Gasteiger partial charge in [0.05, 0.1) is 26.0 Å². The van der Waals surface area contributed by atoms with Crippen molar-refractivity contribution in [1.29, 1.82) is 0 Å². The molecule has 2 fully saturated rings. The molecule has 0 radical (unpaired) electrons. The molecule has 3 rings (SSSR count). The van der Waals surface area contributed by atoms with Gasteiger partial charge < -0.3 is 14.8 Å². The number of nitrogens with one attached hydrogen (secondary N) is 2. The van der Waals surface area contributed by atoms with Crippen molar-refractivity contribution in [3.05, 3.63) is 17.5 Å². The number of H-pyrrole nitrogens is 1. The quantitative estimate of drug-likeness (QED) is 0.825. The summed E-state index contributed by atoms with van der Waals surface area (Å²) >= 11 is 0. The van der Waals surface area contributed by atoms with Crippen LogP contribution in [0, 0.1) is 5.92 Å². The molecule has 0 aromatic carbocycles. The summed E-state index contributed by atoms with van der Waals surface area (Å²) in [5, 5.41) is 11.1. The molecule has 0 aliphatic carbocycles. The number of hydrogen-bond donors (Lipinski definition) is 2.